The molecule has 138 valence electrons. The fraction of sp³-hybridized carbons (Fsp3) is 0.952. The van der Waals surface area contributed by atoms with Gasteiger partial charge >= 0.3 is 0 Å². The topological polar surface area (TPSA) is 44.7 Å². The molecule has 0 spiro atoms. The van der Waals surface area contributed by atoms with Crippen molar-refractivity contribution >= 4 is 5.78 Å². The van der Waals surface area contributed by atoms with E-state index >= 15 is 0 Å². The number of quaternary nitrogens is 1. The molecule has 8 atom stereocenters. The molecule has 0 amide bonds. The molecule has 4 aliphatic rings. The monoisotopic (exact) mass is 353 g/mol. The first-order valence-corrected chi connectivity index (χ1v) is 10.2. The van der Waals surface area contributed by atoms with Crippen LogP contribution in [0.15, 0.2) is 0 Å². The van der Waals surface area contributed by atoms with Crippen LogP contribution in [0.2, 0.25) is 0 Å². The largest absolute Gasteiger partial charge is 1.00 e. The molecule has 24 heavy (non-hydrogen) atoms. The van der Waals surface area contributed by atoms with E-state index < -0.39 is 0 Å². The minimum Gasteiger partial charge on any atom is -1.00 e. The summed E-state index contributed by atoms with van der Waals surface area (Å²) in [6.07, 6.45) is 12.2. The third-order valence-electron chi connectivity index (χ3n) is 9.27. The first-order chi connectivity index (χ1) is 10.9. The summed E-state index contributed by atoms with van der Waals surface area (Å²) < 4.78 is 0. The number of halogens is 1. The van der Waals surface area contributed by atoms with Crippen molar-refractivity contribution in [1.82, 2.24) is 0 Å². The van der Waals surface area contributed by atoms with Crippen LogP contribution in [-0.2, 0) is 4.79 Å². The Hall–Kier alpha value is -0.0800. The zero-order chi connectivity index (χ0) is 16.4. The number of ketones is 1. The van der Waals surface area contributed by atoms with Gasteiger partial charge in [0.1, 0.15) is 5.78 Å². The molecule has 3 heteroatoms. The summed E-state index contributed by atoms with van der Waals surface area (Å²) >= 11 is 0. The SMILES string of the molecule is CC(=O)C1CCC2C3CC[C@@H]4C[C@H]([NH3+])CC[C@]4(C)C3CC[C@]12C.[Cl-]. The van der Waals surface area contributed by atoms with Crippen molar-refractivity contribution in [3.8, 4) is 0 Å². The third-order valence-corrected chi connectivity index (χ3v) is 9.27. The van der Waals surface area contributed by atoms with E-state index in [1.807, 2.05) is 6.92 Å². The molecule has 0 bridgehead atoms. The van der Waals surface area contributed by atoms with E-state index in [4.69, 9.17) is 0 Å². The Bertz CT molecular complexity index is 508. The second-order valence-corrected chi connectivity index (χ2v) is 10.1. The molecule has 0 aromatic rings. The zero-order valence-corrected chi connectivity index (χ0v) is 16.6. The number of Topliss-reactive ketones (excluding diaryl/α,β-unsaturated/α-hetero) is 1. The number of rotatable bonds is 1. The van der Waals surface area contributed by atoms with E-state index in [1.54, 1.807) is 0 Å². The molecule has 4 aliphatic carbocycles. The maximum atomic E-state index is 12.2. The van der Waals surface area contributed by atoms with Crippen LogP contribution >= 0.6 is 0 Å². The van der Waals surface area contributed by atoms with E-state index in [0.29, 0.717) is 28.6 Å². The number of hydrogen-bond donors (Lipinski definition) is 1. The molecule has 0 aromatic heterocycles. The summed E-state index contributed by atoms with van der Waals surface area (Å²) in [6, 6.07) is 0.701. The summed E-state index contributed by atoms with van der Waals surface area (Å²) in [5, 5.41) is 0. The van der Waals surface area contributed by atoms with E-state index in [0.717, 1.165) is 23.7 Å². The van der Waals surface area contributed by atoms with Crippen LogP contribution in [0.1, 0.15) is 78.6 Å². The van der Waals surface area contributed by atoms with Gasteiger partial charge < -0.3 is 18.1 Å². The van der Waals surface area contributed by atoms with Crippen LogP contribution in [0.4, 0.5) is 0 Å². The van der Waals surface area contributed by atoms with E-state index in [-0.39, 0.29) is 12.4 Å². The third kappa shape index (κ3) is 2.50. The number of fused-ring (bicyclic) bond motifs is 5. The molecule has 0 aliphatic heterocycles. The predicted molar refractivity (Wildman–Crippen MR) is 92.6 cm³/mol. The average Bonchev–Trinajstić information content (AvgIpc) is 2.85. The Labute approximate surface area is 154 Å². The molecule has 4 saturated carbocycles. The maximum absolute atomic E-state index is 12.2. The molecule has 0 aromatic carbocycles. The van der Waals surface area contributed by atoms with Crippen molar-refractivity contribution in [2.45, 2.75) is 84.6 Å². The molecular weight excluding hydrogens is 318 g/mol. The van der Waals surface area contributed by atoms with Crippen molar-refractivity contribution < 1.29 is 22.9 Å². The van der Waals surface area contributed by atoms with Gasteiger partial charge in [0.15, 0.2) is 0 Å². The second kappa shape index (κ2) is 6.27. The standard InChI is InChI=1S/C21H35NO.ClH/c1-13(23)17-6-7-18-16-5-4-14-12-15(22)8-10-20(14,2)19(16)9-11-21(17,18)3;/h14-19H,4-12,22H2,1-3H3;1H/t14-,15-,16?,17?,18?,19?,20+,21-;/m1./s1. The lowest BCUT2D eigenvalue weighted by Gasteiger charge is -2.60. The maximum Gasteiger partial charge on any atom is 0.133 e. The normalized spacial score (nSPS) is 53.3. The van der Waals surface area contributed by atoms with Gasteiger partial charge in [-0.3, -0.25) is 4.79 Å². The van der Waals surface area contributed by atoms with Gasteiger partial charge in [-0.1, -0.05) is 13.8 Å². The summed E-state index contributed by atoms with van der Waals surface area (Å²) in [4.78, 5) is 12.2. The quantitative estimate of drug-likeness (QED) is 0.746. The molecule has 0 saturated heterocycles. The van der Waals surface area contributed by atoms with Crippen LogP contribution in [0, 0.1) is 40.4 Å². The Morgan fingerprint density at radius 3 is 2.29 bits per heavy atom. The Kier molecular flexibility index (Phi) is 4.88. The predicted octanol–water partition coefficient (Wildman–Crippen LogP) is 0.849. The van der Waals surface area contributed by atoms with Gasteiger partial charge in [-0.2, -0.15) is 0 Å². The number of hydrogen-bond acceptors (Lipinski definition) is 1. The number of carbonyl (C=O) groups is 1. The molecule has 3 N–H and O–H groups in total. The number of carbonyl (C=O) groups excluding carboxylic acids is 1. The summed E-state index contributed by atoms with van der Waals surface area (Å²) in [6.45, 7) is 6.94. The smallest absolute Gasteiger partial charge is 0.133 e. The van der Waals surface area contributed by atoms with Gasteiger partial charge in [-0.25, -0.2) is 0 Å². The van der Waals surface area contributed by atoms with Gasteiger partial charge in [0.05, 0.1) is 6.04 Å². The fourth-order valence-corrected chi connectivity index (χ4v) is 8.01. The Morgan fingerprint density at radius 1 is 0.917 bits per heavy atom. The first kappa shape index (κ1) is 18.7. The molecule has 4 fully saturated rings. The van der Waals surface area contributed by atoms with E-state index in [1.165, 1.54) is 57.8 Å². The second-order valence-electron chi connectivity index (χ2n) is 10.1. The Balaban J connectivity index is 0.00000169. The minimum absolute atomic E-state index is 0. The zero-order valence-electron chi connectivity index (χ0n) is 15.8. The highest BCUT2D eigenvalue weighted by atomic mass is 35.5. The van der Waals surface area contributed by atoms with Gasteiger partial charge in [0, 0.05) is 12.3 Å². The van der Waals surface area contributed by atoms with E-state index in [9.17, 15) is 4.79 Å². The van der Waals surface area contributed by atoms with Gasteiger partial charge in [0.2, 0.25) is 0 Å². The van der Waals surface area contributed by atoms with Crippen molar-refractivity contribution in [2.24, 2.45) is 40.4 Å². The van der Waals surface area contributed by atoms with Gasteiger partial charge in [0.25, 0.3) is 0 Å². The molecule has 0 radical (unpaired) electrons. The van der Waals surface area contributed by atoms with Crippen molar-refractivity contribution in [3.05, 3.63) is 0 Å². The molecular formula is C21H36ClNO. The fourth-order valence-electron chi connectivity index (χ4n) is 8.01. The highest BCUT2D eigenvalue weighted by molar-refractivity contribution is 5.79. The summed E-state index contributed by atoms with van der Waals surface area (Å²) in [5.74, 6) is 4.40. The summed E-state index contributed by atoms with van der Waals surface area (Å²) in [5.41, 5.74) is 5.28. The lowest BCUT2D eigenvalue weighted by Crippen LogP contribution is -3.00. The van der Waals surface area contributed by atoms with Crippen LogP contribution in [0.3, 0.4) is 0 Å². The molecule has 0 heterocycles. The lowest BCUT2D eigenvalue weighted by molar-refractivity contribution is -0.433. The van der Waals surface area contributed by atoms with Crippen molar-refractivity contribution in [2.75, 3.05) is 0 Å². The van der Waals surface area contributed by atoms with Gasteiger partial charge in [-0.05, 0) is 92.8 Å². The molecule has 2 nitrogen and oxygen atoms in total. The molecule has 4 unspecified atom stereocenters. The van der Waals surface area contributed by atoms with Crippen LogP contribution < -0.4 is 18.1 Å². The highest BCUT2D eigenvalue weighted by Crippen LogP contribution is 2.67. The van der Waals surface area contributed by atoms with Gasteiger partial charge in [-0.15, -0.1) is 0 Å². The van der Waals surface area contributed by atoms with Crippen LogP contribution in [0.5, 0.6) is 0 Å². The van der Waals surface area contributed by atoms with Crippen molar-refractivity contribution in [1.29, 1.82) is 0 Å². The minimum atomic E-state index is 0. The van der Waals surface area contributed by atoms with Crippen LogP contribution in [0.25, 0.3) is 0 Å². The van der Waals surface area contributed by atoms with Crippen molar-refractivity contribution in [3.63, 3.8) is 0 Å². The molecule has 4 rings (SSSR count). The van der Waals surface area contributed by atoms with Crippen LogP contribution in [-0.4, -0.2) is 11.8 Å². The Morgan fingerprint density at radius 2 is 1.58 bits per heavy atom. The average molecular weight is 354 g/mol. The lowest BCUT2D eigenvalue weighted by atomic mass is 9.44. The first-order valence-electron chi connectivity index (χ1n) is 10.2. The van der Waals surface area contributed by atoms with E-state index in [2.05, 4.69) is 19.6 Å². The highest BCUT2D eigenvalue weighted by Gasteiger charge is 2.60. The summed E-state index contributed by atoms with van der Waals surface area (Å²) in [7, 11) is 0.